The molecule has 0 radical (unpaired) electrons. The third-order valence-electron chi connectivity index (χ3n) is 3.37. The van der Waals surface area contributed by atoms with Crippen LogP contribution in [0.15, 0.2) is 18.3 Å². The summed E-state index contributed by atoms with van der Waals surface area (Å²) in [5.74, 6) is -0.0136. The number of rotatable bonds is 6. The number of urea groups is 1. The summed E-state index contributed by atoms with van der Waals surface area (Å²) in [6.07, 6.45) is 1.45. The van der Waals surface area contributed by atoms with Gasteiger partial charge in [0.05, 0.1) is 18.3 Å². The molecule has 0 bridgehead atoms. The van der Waals surface area contributed by atoms with E-state index in [-0.39, 0.29) is 12.3 Å². The predicted molar refractivity (Wildman–Crippen MR) is 81.5 cm³/mol. The van der Waals surface area contributed by atoms with Gasteiger partial charge in [-0.05, 0) is 26.0 Å². The fourth-order valence-corrected chi connectivity index (χ4v) is 2.19. The van der Waals surface area contributed by atoms with Gasteiger partial charge in [0.25, 0.3) is 5.91 Å². The zero-order valence-corrected chi connectivity index (χ0v) is 12.5. The third kappa shape index (κ3) is 3.72. The monoisotopic (exact) mass is 305 g/mol. The van der Waals surface area contributed by atoms with Crippen molar-refractivity contribution >= 4 is 29.4 Å². The average molecular weight is 305 g/mol. The lowest BCUT2D eigenvalue weighted by atomic mass is 10.2. The first kappa shape index (κ1) is 15.7. The van der Waals surface area contributed by atoms with Crippen LogP contribution in [0.3, 0.4) is 0 Å². The Bertz CT molecular complexity index is 568. The number of nitrogens with one attached hydrogen (secondary N) is 3. The number of aromatic nitrogens is 1. The minimum Gasteiger partial charge on any atom is -0.357 e. The van der Waals surface area contributed by atoms with Crippen LogP contribution in [0, 0.1) is 0 Å². The van der Waals surface area contributed by atoms with Crippen molar-refractivity contribution in [1.82, 2.24) is 15.6 Å². The minimum atomic E-state index is -0.824. The second-order valence-electron chi connectivity index (χ2n) is 4.84. The summed E-state index contributed by atoms with van der Waals surface area (Å²) < 4.78 is 0. The van der Waals surface area contributed by atoms with E-state index >= 15 is 0 Å². The van der Waals surface area contributed by atoms with Gasteiger partial charge in [-0.15, -0.1) is 0 Å². The SMILES string of the molecule is CCN(CC)c1ccc(NC(=O)CC2NC(=O)NC2=O)cn1. The highest BCUT2D eigenvalue weighted by Crippen LogP contribution is 2.14. The number of carbonyl (C=O) groups excluding carboxylic acids is 3. The number of pyridine rings is 1. The molecule has 4 amide bonds. The van der Waals surface area contributed by atoms with Gasteiger partial charge in [0.2, 0.25) is 5.91 Å². The van der Waals surface area contributed by atoms with Crippen molar-refractivity contribution < 1.29 is 14.4 Å². The molecule has 1 atom stereocenters. The summed E-state index contributed by atoms with van der Waals surface area (Å²) in [6, 6.07) is 2.18. The van der Waals surface area contributed by atoms with E-state index in [1.54, 1.807) is 12.3 Å². The van der Waals surface area contributed by atoms with E-state index in [1.165, 1.54) is 0 Å². The Morgan fingerprint density at radius 2 is 2.05 bits per heavy atom. The van der Waals surface area contributed by atoms with E-state index in [0.717, 1.165) is 18.9 Å². The Labute approximate surface area is 128 Å². The summed E-state index contributed by atoms with van der Waals surface area (Å²) in [4.78, 5) is 40.6. The molecular weight excluding hydrogens is 286 g/mol. The van der Waals surface area contributed by atoms with Gasteiger partial charge in [-0.2, -0.15) is 0 Å². The first-order valence-electron chi connectivity index (χ1n) is 7.15. The lowest BCUT2D eigenvalue weighted by Gasteiger charge is -2.19. The highest BCUT2D eigenvalue weighted by molar-refractivity contribution is 6.06. The van der Waals surface area contributed by atoms with Crippen molar-refractivity contribution in [2.45, 2.75) is 26.3 Å². The molecule has 1 aliphatic heterocycles. The minimum absolute atomic E-state index is 0.116. The number of hydrogen-bond donors (Lipinski definition) is 3. The zero-order valence-electron chi connectivity index (χ0n) is 12.5. The average Bonchev–Trinajstić information content (AvgIpc) is 2.79. The number of amides is 4. The maximum Gasteiger partial charge on any atom is 0.322 e. The highest BCUT2D eigenvalue weighted by atomic mass is 16.2. The summed E-state index contributed by atoms with van der Waals surface area (Å²) in [6.45, 7) is 5.79. The van der Waals surface area contributed by atoms with Crippen molar-refractivity contribution in [2.75, 3.05) is 23.3 Å². The molecule has 2 heterocycles. The topological polar surface area (TPSA) is 103 Å². The maximum atomic E-state index is 11.9. The smallest absolute Gasteiger partial charge is 0.322 e. The molecule has 1 fully saturated rings. The first-order valence-corrected chi connectivity index (χ1v) is 7.15. The molecule has 8 nitrogen and oxygen atoms in total. The molecule has 0 saturated carbocycles. The van der Waals surface area contributed by atoms with Gasteiger partial charge >= 0.3 is 6.03 Å². The lowest BCUT2D eigenvalue weighted by molar-refractivity contribution is -0.124. The van der Waals surface area contributed by atoms with Crippen LogP contribution in [0.4, 0.5) is 16.3 Å². The molecule has 2 rings (SSSR count). The molecule has 8 heteroatoms. The Hall–Kier alpha value is -2.64. The number of carbonyl (C=O) groups is 3. The molecule has 0 spiro atoms. The van der Waals surface area contributed by atoms with E-state index in [0.29, 0.717) is 5.69 Å². The molecule has 1 aromatic rings. The molecule has 22 heavy (non-hydrogen) atoms. The van der Waals surface area contributed by atoms with E-state index in [4.69, 9.17) is 0 Å². The standard InChI is InChI=1S/C14H19N5O3/c1-3-19(4-2)11-6-5-9(8-15-11)16-12(20)7-10-13(21)18-14(22)17-10/h5-6,8,10H,3-4,7H2,1-2H3,(H,16,20)(H2,17,18,21,22). The molecule has 1 saturated heterocycles. The normalized spacial score (nSPS) is 16.9. The molecule has 118 valence electrons. The molecule has 1 aliphatic rings. The van der Waals surface area contributed by atoms with Crippen molar-refractivity contribution in [3.8, 4) is 0 Å². The Balaban J connectivity index is 1.92. The van der Waals surface area contributed by atoms with Crippen molar-refractivity contribution in [3.05, 3.63) is 18.3 Å². The van der Waals surface area contributed by atoms with Crippen molar-refractivity contribution in [2.24, 2.45) is 0 Å². The Kier molecular flexibility index (Phi) is 4.92. The second-order valence-corrected chi connectivity index (χ2v) is 4.84. The summed E-state index contributed by atoms with van der Waals surface area (Å²) in [5.41, 5.74) is 0.547. The van der Waals surface area contributed by atoms with E-state index < -0.39 is 18.0 Å². The van der Waals surface area contributed by atoms with Crippen LogP contribution in [0.2, 0.25) is 0 Å². The molecule has 1 aromatic heterocycles. The van der Waals surface area contributed by atoms with Crippen LogP contribution in [-0.4, -0.2) is 42.0 Å². The van der Waals surface area contributed by atoms with Crippen LogP contribution in [-0.2, 0) is 9.59 Å². The van der Waals surface area contributed by atoms with Crippen LogP contribution < -0.4 is 20.9 Å². The van der Waals surface area contributed by atoms with E-state index in [9.17, 15) is 14.4 Å². The first-order chi connectivity index (χ1) is 10.5. The highest BCUT2D eigenvalue weighted by Gasteiger charge is 2.31. The number of anilines is 2. The van der Waals surface area contributed by atoms with Gasteiger partial charge in [-0.1, -0.05) is 0 Å². The van der Waals surface area contributed by atoms with Gasteiger partial charge in [0.15, 0.2) is 0 Å². The fraction of sp³-hybridized carbons (Fsp3) is 0.429. The number of hydrogen-bond acceptors (Lipinski definition) is 5. The quantitative estimate of drug-likeness (QED) is 0.663. The van der Waals surface area contributed by atoms with Crippen LogP contribution in [0.1, 0.15) is 20.3 Å². The van der Waals surface area contributed by atoms with Gasteiger partial charge < -0.3 is 15.5 Å². The van der Waals surface area contributed by atoms with Gasteiger partial charge in [0, 0.05) is 13.1 Å². The van der Waals surface area contributed by atoms with Crippen LogP contribution >= 0.6 is 0 Å². The van der Waals surface area contributed by atoms with Crippen molar-refractivity contribution in [3.63, 3.8) is 0 Å². The molecular formula is C14H19N5O3. The number of nitrogens with zero attached hydrogens (tertiary/aromatic N) is 2. The number of imide groups is 1. The largest absolute Gasteiger partial charge is 0.357 e. The lowest BCUT2D eigenvalue weighted by Crippen LogP contribution is -2.33. The third-order valence-corrected chi connectivity index (χ3v) is 3.37. The zero-order chi connectivity index (χ0) is 16.1. The molecule has 1 unspecified atom stereocenters. The summed E-state index contributed by atoms with van der Waals surface area (Å²) in [5, 5.41) is 7.11. The van der Waals surface area contributed by atoms with E-state index in [1.807, 2.05) is 19.9 Å². The molecule has 0 aliphatic carbocycles. The maximum absolute atomic E-state index is 11.9. The summed E-state index contributed by atoms with van der Waals surface area (Å²) >= 11 is 0. The molecule has 0 aromatic carbocycles. The van der Waals surface area contributed by atoms with Crippen molar-refractivity contribution in [1.29, 1.82) is 0 Å². The predicted octanol–water partition coefficient (Wildman–Crippen LogP) is 0.464. The fourth-order valence-electron chi connectivity index (χ4n) is 2.19. The Morgan fingerprint density at radius 1 is 1.32 bits per heavy atom. The van der Waals surface area contributed by atoms with Gasteiger partial charge in [-0.3, -0.25) is 14.9 Å². The van der Waals surface area contributed by atoms with Gasteiger partial charge in [-0.25, -0.2) is 9.78 Å². The van der Waals surface area contributed by atoms with Gasteiger partial charge in [0.1, 0.15) is 11.9 Å². The van der Waals surface area contributed by atoms with Crippen LogP contribution in [0.25, 0.3) is 0 Å². The van der Waals surface area contributed by atoms with Crippen LogP contribution in [0.5, 0.6) is 0 Å². The molecule has 3 N–H and O–H groups in total. The Morgan fingerprint density at radius 3 is 2.55 bits per heavy atom. The second kappa shape index (κ2) is 6.88. The van der Waals surface area contributed by atoms with E-state index in [2.05, 4.69) is 25.8 Å². The summed E-state index contributed by atoms with van der Waals surface area (Å²) in [7, 11) is 0.